The van der Waals surface area contributed by atoms with Gasteiger partial charge in [0.1, 0.15) is 0 Å². The Morgan fingerprint density at radius 1 is 1.00 bits per heavy atom. The number of benzene rings is 2. The lowest BCUT2D eigenvalue weighted by Crippen LogP contribution is -2.30. The molecule has 0 saturated heterocycles. The van der Waals surface area contributed by atoms with Gasteiger partial charge in [0.2, 0.25) is 0 Å². The molecule has 0 aliphatic carbocycles. The maximum atomic E-state index is 12.3. The van der Waals surface area contributed by atoms with Crippen LogP contribution in [0.3, 0.4) is 0 Å². The first-order valence-corrected chi connectivity index (χ1v) is 7.22. The van der Waals surface area contributed by atoms with Gasteiger partial charge in [0.25, 0.3) is 5.91 Å². The van der Waals surface area contributed by atoms with Gasteiger partial charge in [0, 0.05) is 5.56 Å². The Morgan fingerprint density at radius 3 is 2.14 bits per heavy atom. The lowest BCUT2D eigenvalue weighted by Gasteiger charge is -2.21. The molecular formula is C18H22N2O. The molecule has 2 rings (SSSR count). The highest BCUT2D eigenvalue weighted by Gasteiger charge is 2.15. The van der Waals surface area contributed by atoms with Crippen LogP contribution in [0.1, 0.15) is 28.4 Å². The average molecular weight is 282 g/mol. The summed E-state index contributed by atoms with van der Waals surface area (Å²) in [5, 5.41) is 3.14. The summed E-state index contributed by atoms with van der Waals surface area (Å²) >= 11 is 0. The molecule has 3 heteroatoms. The van der Waals surface area contributed by atoms with Crippen LogP contribution >= 0.6 is 0 Å². The van der Waals surface area contributed by atoms with Crippen LogP contribution in [0.5, 0.6) is 0 Å². The SMILES string of the molecule is CN(C)CCC(NC(=O)c1ccccc1)c1ccccc1. The van der Waals surface area contributed by atoms with Gasteiger partial charge in [-0.1, -0.05) is 48.5 Å². The van der Waals surface area contributed by atoms with Gasteiger partial charge in [-0.15, -0.1) is 0 Å². The molecule has 0 spiro atoms. The van der Waals surface area contributed by atoms with E-state index in [1.54, 1.807) is 0 Å². The first-order chi connectivity index (χ1) is 10.2. The molecule has 0 aliphatic heterocycles. The van der Waals surface area contributed by atoms with E-state index in [1.807, 2.05) is 62.6 Å². The van der Waals surface area contributed by atoms with Crippen LogP contribution in [0.25, 0.3) is 0 Å². The molecule has 0 heterocycles. The maximum absolute atomic E-state index is 12.3. The van der Waals surface area contributed by atoms with Gasteiger partial charge in [-0.3, -0.25) is 4.79 Å². The Morgan fingerprint density at radius 2 is 1.57 bits per heavy atom. The highest BCUT2D eigenvalue weighted by atomic mass is 16.1. The largest absolute Gasteiger partial charge is 0.345 e. The molecular weight excluding hydrogens is 260 g/mol. The molecule has 1 N–H and O–H groups in total. The molecule has 1 amide bonds. The van der Waals surface area contributed by atoms with E-state index >= 15 is 0 Å². The summed E-state index contributed by atoms with van der Waals surface area (Å²) in [5.74, 6) is -0.0248. The van der Waals surface area contributed by atoms with Gasteiger partial charge in [0.05, 0.1) is 6.04 Å². The summed E-state index contributed by atoms with van der Waals surface area (Å²) < 4.78 is 0. The van der Waals surface area contributed by atoms with Gasteiger partial charge < -0.3 is 10.2 Å². The van der Waals surface area contributed by atoms with Gasteiger partial charge in [-0.25, -0.2) is 0 Å². The van der Waals surface area contributed by atoms with Crippen molar-refractivity contribution in [2.24, 2.45) is 0 Å². The molecule has 0 bridgehead atoms. The summed E-state index contributed by atoms with van der Waals surface area (Å²) in [6.45, 7) is 0.925. The molecule has 0 aliphatic rings. The van der Waals surface area contributed by atoms with E-state index in [9.17, 15) is 4.79 Å². The fraction of sp³-hybridized carbons (Fsp3) is 0.278. The zero-order chi connectivity index (χ0) is 15.1. The zero-order valence-electron chi connectivity index (χ0n) is 12.6. The third-order valence-electron chi connectivity index (χ3n) is 3.41. The van der Waals surface area contributed by atoms with Crippen LogP contribution < -0.4 is 5.32 Å². The number of nitrogens with one attached hydrogen (secondary N) is 1. The van der Waals surface area contributed by atoms with Crippen LogP contribution in [0.4, 0.5) is 0 Å². The molecule has 21 heavy (non-hydrogen) atoms. The number of rotatable bonds is 6. The van der Waals surface area contributed by atoms with Crippen LogP contribution in [0, 0.1) is 0 Å². The van der Waals surface area contributed by atoms with E-state index in [0.29, 0.717) is 5.56 Å². The van der Waals surface area contributed by atoms with Crippen molar-refractivity contribution >= 4 is 5.91 Å². The minimum absolute atomic E-state index is 0.0248. The number of carbonyl (C=O) groups is 1. The van der Waals surface area contributed by atoms with Crippen molar-refractivity contribution in [2.45, 2.75) is 12.5 Å². The van der Waals surface area contributed by atoms with Crippen molar-refractivity contribution < 1.29 is 4.79 Å². The summed E-state index contributed by atoms with van der Waals surface area (Å²) in [7, 11) is 4.09. The van der Waals surface area contributed by atoms with Gasteiger partial charge in [0.15, 0.2) is 0 Å². The van der Waals surface area contributed by atoms with E-state index in [1.165, 1.54) is 0 Å². The van der Waals surface area contributed by atoms with E-state index < -0.39 is 0 Å². The van der Waals surface area contributed by atoms with Crippen molar-refractivity contribution in [3.63, 3.8) is 0 Å². The Labute approximate surface area is 126 Å². The second-order valence-electron chi connectivity index (χ2n) is 5.39. The Balaban J connectivity index is 2.10. The van der Waals surface area contributed by atoms with Crippen molar-refractivity contribution in [3.05, 3.63) is 71.8 Å². The Hall–Kier alpha value is -2.13. The molecule has 2 aromatic rings. The number of hydrogen-bond donors (Lipinski definition) is 1. The molecule has 1 unspecified atom stereocenters. The number of nitrogens with zero attached hydrogens (tertiary/aromatic N) is 1. The van der Waals surface area contributed by atoms with E-state index in [0.717, 1.165) is 18.5 Å². The predicted octanol–water partition coefficient (Wildman–Crippen LogP) is 3.11. The monoisotopic (exact) mass is 282 g/mol. The Bertz CT molecular complexity index is 552. The molecule has 0 radical (unpaired) electrons. The molecule has 3 nitrogen and oxygen atoms in total. The third-order valence-corrected chi connectivity index (χ3v) is 3.41. The third kappa shape index (κ3) is 4.72. The first kappa shape index (κ1) is 15.3. The normalized spacial score (nSPS) is 12.1. The number of carbonyl (C=O) groups excluding carboxylic acids is 1. The fourth-order valence-electron chi connectivity index (χ4n) is 2.23. The lowest BCUT2D eigenvalue weighted by molar-refractivity contribution is 0.0932. The van der Waals surface area contributed by atoms with Crippen LogP contribution in [0.15, 0.2) is 60.7 Å². The highest BCUT2D eigenvalue weighted by molar-refractivity contribution is 5.94. The average Bonchev–Trinajstić information content (AvgIpc) is 2.52. The number of amides is 1. The topological polar surface area (TPSA) is 32.3 Å². The summed E-state index contributed by atoms with van der Waals surface area (Å²) in [4.78, 5) is 14.5. The molecule has 0 aromatic heterocycles. The molecule has 0 fully saturated rings. The van der Waals surface area contributed by atoms with Gasteiger partial charge >= 0.3 is 0 Å². The minimum atomic E-state index is -0.0248. The van der Waals surface area contributed by atoms with Crippen LogP contribution in [-0.2, 0) is 0 Å². The van der Waals surface area contributed by atoms with Crippen molar-refractivity contribution in [1.82, 2.24) is 10.2 Å². The van der Waals surface area contributed by atoms with Crippen molar-refractivity contribution in [1.29, 1.82) is 0 Å². The van der Waals surface area contributed by atoms with Gasteiger partial charge in [-0.05, 0) is 44.8 Å². The van der Waals surface area contributed by atoms with Crippen molar-refractivity contribution in [3.8, 4) is 0 Å². The van der Waals surface area contributed by atoms with Crippen LogP contribution in [-0.4, -0.2) is 31.4 Å². The predicted molar refractivity (Wildman–Crippen MR) is 86.3 cm³/mol. The van der Waals surface area contributed by atoms with E-state index in [4.69, 9.17) is 0 Å². The highest BCUT2D eigenvalue weighted by Crippen LogP contribution is 2.17. The van der Waals surface area contributed by atoms with E-state index in [2.05, 4.69) is 22.3 Å². The van der Waals surface area contributed by atoms with Gasteiger partial charge in [-0.2, -0.15) is 0 Å². The number of hydrogen-bond acceptors (Lipinski definition) is 2. The fourth-order valence-corrected chi connectivity index (χ4v) is 2.23. The van der Waals surface area contributed by atoms with Crippen molar-refractivity contribution in [2.75, 3.05) is 20.6 Å². The van der Waals surface area contributed by atoms with Crippen LogP contribution in [0.2, 0.25) is 0 Å². The molecule has 110 valence electrons. The maximum Gasteiger partial charge on any atom is 0.251 e. The Kier molecular flexibility index (Phi) is 5.52. The summed E-state index contributed by atoms with van der Waals surface area (Å²) in [5.41, 5.74) is 1.84. The smallest absolute Gasteiger partial charge is 0.251 e. The zero-order valence-corrected chi connectivity index (χ0v) is 12.6. The quantitative estimate of drug-likeness (QED) is 0.883. The molecule has 2 aromatic carbocycles. The molecule has 1 atom stereocenters. The second-order valence-corrected chi connectivity index (χ2v) is 5.39. The standard InChI is InChI=1S/C18H22N2O/c1-20(2)14-13-17(15-9-5-3-6-10-15)19-18(21)16-11-7-4-8-12-16/h3-12,17H,13-14H2,1-2H3,(H,19,21). The van der Waals surface area contributed by atoms with E-state index in [-0.39, 0.29) is 11.9 Å². The minimum Gasteiger partial charge on any atom is -0.345 e. The summed E-state index contributed by atoms with van der Waals surface area (Å²) in [6.07, 6.45) is 0.885. The lowest BCUT2D eigenvalue weighted by atomic mass is 10.0. The second kappa shape index (κ2) is 7.60. The first-order valence-electron chi connectivity index (χ1n) is 7.22. The molecule has 0 saturated carbocycles. The summed E-state index contributed by atoms with van der Waals surface area (Å²) in [6, 6.07) is 19.5.